The number of hydrogen-bond donors (Lipinski definition) is 0. The van der Waals surface area contributed by atoms with Crippen molar-refractivity contribution in [3.8, 4) is 5.75 Å². The molecular weight excluding hydrogens is 288 g/mol. The highest BCUT2D eigenvalue weighted by molar-refractivity contribution is 6.21. The van der Waals surface area contributed by atoms with E-state index in [0.717, 1.165) is 27.7 Å². The fourth-order valence-electron chi connectivity index (χ4n) is 2.86. The monoisotopic (exact) mass is 302 g/mol. The molecule has 0 amide bonds. The topological polar surface area (TPSA) is 39.4 Å². The Labute approximate surface area is 133 Å². The Hall–Kier alpha value is -3.07. The van der Waals surface area contributed by atoms with Gasteiger partial charge in [0, 0.05) is 21.9 Å². The lowest BCUT2D eigenvalue weighted by Gasteiger charge is -2.04. The highest BCUT2D eigenvalue weighted by Crippen LogP contribution is 2.32. The zero-order chi connectivity index (χ0) is 15.8. The fourth-order valence-corrected chi connectivity index (χ4v) is 2.86. The molecule has 0 aliphatic heterocycles. The molecule has 3 heteroatoms. The first-order valence-electron chi connectivity index (χ1n) is 7.37. The zero-order valence-corrected chi connectivity index (χ0v) is 12.6. The third-order valence-electron chi connectivity index (χ3n) is 4.00. The number of rotatable bonds is 3. The smallest absolute Gasteiger partial charge is 0.193 e. The van der Waals surface area contributed by atoms with Crippen molar-refractivity contribution in [1.29, 1.82) is 0 Å². The van der Waals surface area contributed by atoms with E-state index in [-0.39, 0.29) is 5.78 Å². The van der Waals surface area contributed by atoms with Gasteiger partial charge in [0.15, 0.2) is 5.78 Å². The Bertz CT molecular complexity index is 1010. The van der Waals surface area contributed by atoms with Crippen LogP contribution in [0.1, 0.15) is 15.9 Å². The van der Waals surface area contributed by atoms with E-state index in [0.29, 0.717) is 11.1 Å². The predicted molar refractivity (Wildman–Crippen MR) is 90.1 cm³/mol. The number of ketones is 1. The molecule has 0 aliphatic rings. The number of carbonyl (C=O) groups excluding carboxylic acids is 1. The average molecular weight is 302 g/mol. The molecule has 112 valence electrons. The van der Waals surface area contributed by atoms with E-state index in [1.54, 1.807) is 31.4 Å². The van der Waals surface area contributed by atoms with Crippen LogP contribution in [0.5, 0.6) is 5.75 Å². The quantitative estimate of drug-likeness (QED) is 0.509. The van der Waals surface area contributed by atoms with Gasteiger partial charge in [-0.1, -0.05) is 30.3 Å². The van der Waals surface area contributed by atoms with Crippen LogP contribution < -0.4 is 4.74 Å². The summed E-state index contributed by atoms with van der Waals surface area (Å²) in [4.78, 5) is 12.9. The molecule has 0 atom stereocenters. The van der Waals surface area contributed by atoms with Gasteiger partial charge in [-0.15, -0.1) is 0 Å². The summed E-state index contributed by atoms with van der Waals surface area (Å²) in [5.41, 5.74) is 2.80. The second-order valence-electron chi connectivity index (χ2n) is 5.33. The molecule has 3 nitrogen and oxygen atoms in total. The first kappa shape index (κ1) is 13.6. The maximum atomic E-state index is 12.9. The van der Waals surface area contributed by atoms with Crippen LogP contribution >= 0.6 is 0 Å². The molecule has 0 saturated carbocycles. The average Bonchev–Trinajstić information content (AvgIpc) is 3.00. The van der Waals surface area contributed by atoms with Crippen LogP contribution in [0.4, 0.5) is 0 Å². The summed E-state index contributed by atoms with van der Waals surface area (Å²) < 4.78 is 11.0. The van der Waals surface area contributed by atoms with E-state index in [4.69, 9.17) is 9.15 Å². The number of ether oxygens (including phenoxy) is 1. The van der Waals surface area contributed by atoms with Crippen molar-refractivity contribution >= 4 is 27.7 Å². The minimum Gasteiger partial charge on any atom is -0.497 e. The minimum atomic E-state index is -0.0233. The van der Waals surface area contributed by atoms with Crippen LogP contribution in [0, 0.1) is 0 Å². The van der Waals surface area contributed by atoms with Gasteiger partial charge in [-0.2, -0.15) is 0 Å². The van der Waals surface area contributed by atoms with E-state index in [1.165, 1.54) is 0 Å². The molecule has 0 radical (unpaired) electrons. The van der Waals surface area contributed by atoms with Crippen molar-refractivity contribution in [2.24, 2.45) is 0 Å². The van der Waals surface area contributed by atoms with Crippen molar-refractivity contribution < 1.29 is 13.9 Å². The Morgan fingerprint density at radius 3 is 2.39 bits per heavy atom. The highest BCUT2D eigenvalue weighted by Gasteiger charge is 2.17. The highest BCUT2D eigenvalue weighted by atomic mass is 16.5. The van der Waals surface area contributed by atoms with E-state index < -0.39 is 0 Å². The summed E-state index contributed by atoms with van der Waals surface area (Å²) in [6, 6.07) is 20.5. The Morgan fingerprint density at radius 1 is 0.870 bits per heavy atom. The second kappa shape index (κ2) is 5.29. The van der Waals surface area contributed by atoms with Crippen molar-refractivity contribution in [3.05, 3.63) is 77.9 Å². The lowest BCUT2D eigenvalue weighted by molar-refractivity contribution is 0.104. The van der Waals surface area contributed by atoms with E-state index in [2.05, 4.69) is 0 Å². The number of carbonyl (C=O) groups is 1. The molecule has 0 bridgehead atoms. The fraction of sp³-hybridized carbons (Fsp3) is 0.0500. The number of benzene rings is 3. The Morgan fingerprint density at radius 2 is 1.61 bits per heavy atom. The van der Waals surface area contributed by atoms with Gasteiger partial charge in [0.2, 0.25) is 0 Å². The predicted octanol–water partition coefficient (Wildman–Crippen LogP) is 4.83. The third kappa shape index (κ3) is 2.18. The van der Waals surface area contributed by atoms with E-state index >= 15 is 0 Å². The van der Waals surface area contributed by atoms with Crippen molar-refractivity contribution in [1.82, 2.24) is 0 Å². The number of methoxy groups -OCH3 is 1. The molecule has 4 rings (SSSR count). The maximum absolute atomic E-state index is 12.9. The molecule has 0 saturated heterocycles. The summed E-state index contributed by atoms with van der Waals surface area (Å²) in [7, 11) is 1.61. The lowest BCUT2D eigenvalue weighted by Crippen LogP contribution is -2.01. The van der Waals surface area contributed by atoms with Crippen LogP contribution in [-0.4, -0.2) is 12.9 Å². The molecule has 1 aromatic heterocycles. The molecule has 0 aliphatic carbocycles. The first-order valence-corrected chi connectivity index (χ1v) is 7.37. The molecule has 1 heterocycles. The largest absolute Gasteiger partial charge is 0.497 e. The molecule has 0 spiro atoms. The van der Waals surface area contributed by atoms with Gasteiger partial charge in [0.25, 0.3) is 0 Å². The molecule has 4 aromatic rings. The normalized spacial score (nSPS) is 11.0. The van der Waals surface area contributed by atoms with Gasteiger partial charge in [-0.05, 0) is 36.4 Å². The van der Waals surface area contributed by atoms with E-state index in [1.807, 2.05) is 42.5 Å². The minimum absolute atomic E-state index is 0.0233. The van der Waals surface area contributed by atoms with Crippen molar-refractivity contribution in [2.45, 2.75) is 0 Å². The van der Waals surface area contributed by atoms with Gasteiger partial charge in [-0.3, -0.25) is 4.79 Å². The van der Waals surface area contributed by atoms with Crippen LogP contribution in [0.15, 0.2) is 71.1 Å². The molecular formula is C20H14O3. The van der Waals surface area contributed by atoms with Gasteiger partial charge in [0.05, 0.1) is 7.11 Å². The van der Waals surface area contributed by atoms with Gasteiger partial charge in [-0.25, -0.2) is 0 Å². The summed E-state index contributed by atoms with van der Waals surface area (Å²) in [6.45, 7) is 0. The molecule has 0 fully saturated rings. The lowest BCUT2D eigenvalue weighted by atomic mass is 9.98. The number of para-hydroxylation sites is 1. The van der Waals surface area contributed by atoms with E-state index in [9.17, 15) is 4.79 Å². The number of furan rings is 1. The molecule has 3 aromatic carbocycles. The summed E-state index contributed by atoms with van der Waals surface area (Å²) >= 11 is 0. The van der Waals surface area contributed by atoms with Crippen LogP contribution in [-0.2, 0) is 0 Å². The standard InChI is InChI=1S/C20H14O3/c1-22-14-11-9-13(10-12-14)20(21)16-6-4-8-18-19(16)15-5-2-3-7-17(15)23-18/h2-12H,1H3. The van der Waals surface area contributed by atoms with Crippen molar-refractivity contribution in [3.63, 3.8) is 0 Å². The van der Waals surface area contributed by atoms with Gasteiger partial charge in [0.1, 0.15) is 16.9 Å². The summed E-state index contributed by atoms with van der Waals surface area (Å²) in [5, 5.41) is 1.82. The SMILES string of the molecule is COc1ccc(C(=O)c2cccc3oc4ccccc4c23)cc1. The number of fused-ring (bicyclic) bond motifs is 3. The van der Waals surface area contributed by atoms with Gasteiger partial charge >= 0.3 is 0 Å². The maximum Gasteiger partial charge on any atom is 0.193 e. The number of hydrogen-bond acceptors (Lipinski definition) is 3. The molecule has 0 N–H and O–H groups in total. The Kier molecular flexibility index (Phi) is 3.12. The summed E-state index contributed by atoms with van der Waals surface area (Å²) in [5.74, 6) is 0.707. The summed E-state index contributed by atoms with van der Waals surface area (Å²) in [6.07, 6.45) is 0. The Balaban J connectivity index is 1.92. The second-order valence-corrected chi connectivity index (χ2v) is 5.33. The van der Waals surface area contributed by atoms with Crippen molar-refractivity contribution in [2.75, 3.05) is 7.11 Å². The first-order chi connectivity index (χ1) is 11.3. The molecule has 0 unspecified atom stereocenters. The third-order valence-corrected chi connectivity index (χ3v) is 4.00. The van der Waals surface area contributed by atoms with Crippen LogP contribution in [0.3, 0.4) is 0 Å². The van der Waals surface area contributed by atoms with Crippen LogP contribution in [0.2, 0.25) is 0 Å². The van der Waals surface area contributed by atoms with Crippen LogP contribution in [0.25, 0.3) is 21.9 Å². The molecule has 23 heavy (non-hydrogen) atoms. The van der Waals surface area contributed by atoms with Gasteiger partial charge < -0.3 is 9.15 Å². The zero-order valence-electron chi connectivity index (χ0n) is 12.6.